The zero-order valence-corrected chi connectivity index (χ0v) is 13.4. The van der Waals surface area contributed by atoms with Gasteiger partial charge in [-0.25, -0.2) is 0 Å². The summed E-state index contributed by atoms with van der Waals surface area (Å²) in [5.74, 6) is 0.686. The van der Waals surface area contributed by atoms with Crippen LogP contribution in [0.4, 0.5) is 5.69 Å². The van der Waals surface area contributed by atoms with Gasteiger partial charge in [0.1, 0.15) is 0 Å². The second-order valence-electron chi connectivity index (χ2n) is 6.61. The SMILES string of the molecule is O=C(CCC1CCNCC1)Nc1ccc(C(=O)NC2CC2)cc1. The molecule has 1 aromatic rings. The normalized spacial score (nSPS) is 18.4. The molecule has 2 aliphatic rings. The van der Waals surface area contributed by atoms with Gasteiger partial charge >= 0.3 is 0 Å². The van der Waals surface area contributed by atoms with Gasteiger partial charge in [0.2, 0.25) is 5.91 Å². The van der Waals surface area contributed by atoms with E-state index in [1.165, 1.54) is 0 Å². The number of rotatable bonds is 6. The van der Waals surface area contributed by atoms with Crippen LogP contribution in [0.2, 0.25) is 0 Å². The van der Waals surface area contributed by atoms with Crippen LogP contribution in [0.15, 0.2) is 24.3 Å². The van der Waals surface area contributed by atoms with Gasteiger partial charge in [-0.1, -0.05) is 0 Å². The van der Waals surface area contributed by atoms with E-state index in [9.17, 15) is 9.59 Å². The van der Waals surface area contributed by atoms with Crippen LogP contribution in [0.1, 0.15) is 48.9 Å². The summed E-state index contributed by atoms with van der Waals surface area (Å²) in [6.45, 7) is 2.13. The van der Waals surface area contributed by atoms with Crippen LogP contribution in [-0.2, 0) is 4.79 Å². The standard InChI is InChI=1S/C18H25N3O2/c22-17(8-1-13-9-11-19-12-10-13)20-15-4-2-14(3-5-15)18(23)21-16-6-7-16/h2-5,13,16,19H,1,6-12H2,(H,20,22)(H,21,23). The smallest absolute Gasteiger partial charge is 0.251 e. The second-order valence-corrected chi connectivity index (χ2v) is 6.61. The Labute approximate surface area is 137 Å². The fourth-order valence-corrected chi connectivity index (χ4v) is 2.93. The molecular weight excluding hydrogens is 290 g/mol. The van der Waals surface area contributed by atoms with Crippen molar-refractivity contribution in [2.75, 3.05) is 18.4 Å². The van der Waals surface area contributed by atoms with Crippen LogP contribution < -0.4 is 16.0 Å². The Balaban J connectivity index is 1.43. The first-order chi connectivity index (χ1) is 11.2. The molecule has 0 atom stereocenters. The molecular formula is C18H25N3O2. The molecule has 1 saturated heterocycles. The molecule has 5 nitrogen and oxygen atoms in total. The van der Waals surface area contributed by atoms with Crippen LogP contribution in [0.25, 0.3) is 0 Å². The van der Waals surface area contributed by atoms with Crippen molar-refractivity contribution in [3.8, 4) is 0 Å². The van der Waals surface area contributed by atoms with Gasteiger partial charge in [-0.15, -0.1) is 0 Å². The summed E-state index contributed by atoms with van der Waals surface area (Å²) in [5.41, 5.74) is 1.40. The minimum atomic E-state index is -0.0312. The van der Waals surface area contributed by atoms with Crippen molar-refractivity contribution < 1.29 is 9.59 Å². The Morgan fingerprint density at radius 1 is 1.04 bits per heavy atom. The lowest BCUT2D eigenvalue weighted by Gasteiger charge is -2.22. The Morgan fingerprint density at radius 3 is 2.39 bits per heavy atom. The first-order valence-electron chi connectivity index (χ1n) is 8.62. The van der Waals surface area contributed by atoms with Crippen LogP contribution in [0.3, 0.4) is 0 Å². The van der Waals surface area contributed by atoms with E-state index in [1.807, 2.05) is 0 Å². The number of anilines is 1. The maximum Gasteiger partial charge on any atom is 0.251 e. The summed E-state index contributed by atoms with van der Waals surface area (Å²) in [7, 11) is 0. The van der Waals surface area contributed by atoms with E-state index in [4.69, 9.17) is 0 Å². The van der Waals surface area contributed by atoms with Crippen LogP contribution >= 0.6 is 0 Å². The first kappa shape index (κ1) is 16.0. The molecule has 23 heavy (non-hydrogen) atoms. The van der Waals surface area contributed by atoms with E-state index >= 15 is 0 Å². The summed E-state index contributed by atoms with van der Waals surface area (Å²) in [6, 6.07) is 7.48. The molecule has 3 N–H and O–H groups in total. The Hall–Kier alpha value is -1.88. The monoisotopic (exact) mass is 315 g/mol. The van der Waals surface area contributed by atoms with Gasteiger partial charge in [0, 0.05) is 23.7 Å². The summed E-state index contributed by atoms with van der Waals surface area (Å²) in [4.78, 5) is 23.9. The summed E-state index contributed by atoms with van der Waals surface area (Å²) < 4.78 is 0. The lowest BCUT2D eigenvalue weighted by atomic mass is 9.93. The van der Waals surface area contributed by atoms with Gasteiger partial charge in [0.05, 0.1) is 0 Å². The summed E-state index contributed by atoms with van der Waals surface area (Å²) in [6.07, 6.45) is 6.01. The number of carbonyl (C=O) groups is 2. The van der Waals surface area contributed by atoms with Gasteiger partial charge in [-0.3, -0.25) is 9.59 Å². The zero-order valence-electron chi connectivity index (χ0n) is 13.4. The molecule has 3 rings (SSSR count). The number of hydrogen-bond acceptors (Lipinski definition) is 3. The van der Waals surface area contributed by atoms with Gasteiger partial charge in [0.15, 0.2) is 0 Å². The highest BCUT2D eigenvalue weighted by atomic mass is 16.2. The molecule has 124 valence electrons. The Morgan fingerprint density at radius 2 is 1.74 bits per heavy atom. The zero-order chi connectivity index (χ0) is 16.1. The lowest BCUT2D eigenvalue weighted by Crippen LogP contribution is -2.28. The average molecular weight is 315 g/mol. The van der Waals surface area contributed by atoms with Crippen molar-refractivity contribution in [2.45, 2.75) is 44.6 Å². The highest BCUT2D eigenvalue weighted by molar-refractivity contribution is 5.96. The van der Waals surface area contributed by atoms with Gasteiger partial charge in [-0.2, -0.15) is 0 Å². The van der Waals surface area contributed by atoms with Crippen LogP contribution in [-0.4, -0.2) is 30.9 Å². The molecule has 0 unspecified atom stereocenters. The fraction of sp³-hybridized carbons (Fsp3) is 0.556. The number of hydrogen-bond donors (Lipinski definition) is 3. The predicted molar refractivity (Wildman–Crippen MR) is 90.4 cm³/mol. The number of nitrogens with one attached hydrogen (secondary N) is 3. The Bertz CT molecular complexity index is 546. The second kappa shape index (κ2) is 7.59. The van der Waals surface area contributed by atoms with E-state index in [-0.39, 0.29) is 11.8 Å². The summed E-state index contributed by atoms with van der Waals surface area (Å²) >= 11 is 0. The van der Waals surface area contributed by atoms with E-state index < -0.39 is 0 Å². The van der Waals surface area contributed by atoms with Crippen molar-refractivity contribution in [1.29, 1.82) is 0 Å². The molecule has 1 heterocycles. The molecule has 0 spiro atoms. The molecule has 1 aliphatic heterocycles. The largest absolute Gasteiger partial charge is 0.349 e. The molecule has 1 aliphatic carbocycles. The maximum absolute atomic E-state index is 12.0. The molecule has 5 heteroatoms. The number of amides is 2. The number of carbonyl (C=O) groups excluding carboxylic acids is 2. The van der Waals surface area contributed by atoms with Crippen molar-refractivity contribution in [1.82, 2.24) is 10.6 Å². The highest BCUT2D eigenvalue weighted by Gasteiger charge is 2.23. The maximum atomic E-state index is 12.0. The van der Waals surface area contributed by atoms with Crippen molar-refractivity contribution >= 4 is 17.5 Å². The minimum absolute atomic E-state index is 0.0312. The molecule has 0 bridgehead atoms. The first-order valence-corrected chi connectivity index (χ1v) is 8.62. The third-order valence-electron chi connectivity index (χ3n) is 4.58. The molecule has 1 saturated carbocycles. The van der Waals surface area contributed by atoms with Crippen molar-refractivity contribution in [3.63, 3.8) is 0 Å². The minimum Gasteiger partial charge on any atom is -0.349 e. The van der Waals surface area contributed by atoms with Crippen LogP contribution in [0.5, 0.6) is 0 Å². The van der Waals surface area contributed by atoms with Crippen LogP contribution in [0, 0.1) is 5.92 Å². The number of piperidine rings is 1. The molecule has 2 amide bonds. The highest BCUT2D eigenvalue weighted by Crippen LogP contribution is 2.20. The lowest BCUT2D eigenvalue weighted by molar-refractivity contribution is -0.116. The third-order valence-corrected chi connectivity index (χ3v) is 4.58. The van der Waals surface area contributed by atoms with Crippen molar-refractivity contribution in [2.24, 2.45) is 5.92 Å². The van der Waals surface area contributed by atoms with E-state index in [0.717, 1.165) is 50.9 Å². The predicted octanol–water partition coefficient (Wildman–Crippen LogP) is 2.30. The molecule has 0 radical (unpaired) electrons. The van der Waals surface area contributed by atoms with E-state index in [1.54, 1.807) is 24.3 Å². The van der Waals surface area contributed by atoms with E-state index in [0.29, 0.717) is 23.9 Å². The molecule has 1 aromatic carbocycles. The van der Waals surface area contributed by atoms with Gasteiger partial charge in [0.25, 0.3) is 5.91 Å². The Kier molecular flexibility index (Phi) is 5.28. The molecule has 2 fully saturated rings. The average Bonchev–Trinajstić information content (AvgIpc) is 3.38. The summed E-state index contributed by atoms with van der Waals surface area (Å²) in [5, 5.41) is 9.21. The fourth-order valence-electron chi connectivity index (χ4n) is 2.93. The van der Waals surface area contributed by atoms with Crippen molar-refractivity contribution in [3.05, 3.63) is 29.8 Å². The third kappa shape index (κ3) is 5.06. The van der Waals surface area contributed by atoms with Gasteiger partial charge in [-0.05, 0) is 75.4 Å². The topological polar surface area (TPSA) is 70.2 Å². The number of benzene rings is 1. The molecule has 0 aromatic heterocycles. The van der Waals surface area contributed by atoms with Gasteiger partial charge < -0.3 is 16.0 Å². The van der Waals surface area contributed by atoms with E-state index in [2.05, 4.69) is 16.0 Å². The quantitative estimate of drug-likeness (QED) is 0.754.